The normalized spacial score (nSPS) is 12.2. The molecule has 21 nitrogen and oxygen atoms in total. The van der Waals surface area contributed by atoms with Gasteiger partial charge in [0, 0.05) is 51.6 Å². The fourth-order valence-corrected chi connectivity index (χ4v) is 7.62. The number of carboxylic acids is 3. The summed E-state index contributed by atoms with van der Waals surface area (Å²) in [5.41, 5.74) is -2.76. The summed E-state index contributed by atoms with van der Waals surface area (Å²) in [6.45, 7) is 21.7. The summed E-state index contributed by atoms with van der Waals surface area (Å²) in [6, 6.07) is 24.0. The van der Waals surface area contributed by atoms with Crippen molar-refractivity contribution in [2.24, 2.45) is 16.2 Å². The first-order valence-corrected chi connectivity index (χ1v) is 28.2. The van der Waals surface area contributed by atoms with E-state index in [0.29, 0.717) is 28.0 Å². The summed E-state index contributed by atoms with van der Waals surface area (Å²) >= 11 is 0. The molecule has 4 aromatic rings. The number of amides is 3. The minimum absolute atomic E-state index is 0.0326. The van der Waals surface area contributed by atoms with Gasteiger partial charge in [0.05, 0.1) is 45.2 Å². The highest BCUT2D eigenvalue weighted by atomic mass is 16.5. The summed E-state index contributed by atoms with van der Waals surface area (Å²) in [5.74, 6) is -4.02. The van der Waals surface area contributed by atoms with E-state index in [1.165, 1.54) is 6.07 Å². The molecule has 6 N–H and O–H groups in total. The number of esters is 1. The second-order valence-electron chi connectivity index (χ2n) is 24.5. The Kier molecular flexibility index (Phi) is 25.3. The Morgan fingerprint density at radius 1 is 0.424 bits per heavy atom. The van der Waals surface area contributed by atoms with Crippen LogP contribution >= 0.6 is 0 Å². The second kappa shape index (κ2) is 30.9. The molecule has 0 aliphatic heterocycles. The molecule has 21 heteroatoms. The van der Waals surface area contributed by atoms with Crippen LogP contribution in [0.3, 0.4) is 0 Å². The molecular formula is C64H87N3O18. The molecule has 0 atom stereocenters. The largest absolute Gasteiger partial charge is 0.494 e. The summed E-state index contributed by atoms with van der Waals surface area (Å²) < 4.78 is 47.8. The Morgan fingerprint density at radius 2 is 0.741 bits per heavy atom. The van der Waals surface area contributed by atoms with Crippen LogP contribution in [0.5, 0.6) is 23.0 Å². The van der Waals surface area contributed by atoms with Gasteiger partial charge in [0.15, 0.2) is 19.8 Å². The summed E-state index contributed by atoms with van der Waals surface area (Å²) in [5, 5.41) is 36.9. The fraction of sp³-hybridized carbons (Fsp3) is 0.516. The van der Waals surface area contributed by atoms with Crippen molar-refractivity contribution >= 4 is 41.6 Å². The van der Waals surface area contributed by atoms with Gasteiger partial charge in [0.25, 0.3) is 17.7 Å². The lowest BCUT2D eigenvalue weighted by Gasteiger charge is -2.28. The van der Waals surface area contributed by atoms with Gasteiger partial charge in [0.1, 0.15) is 29.6 Å². The van der Waals surface area contributed by atoms with Gasteiger partial charge in [-0.25, -0.2) is 4.79 Å². The second-order valence-corrected chi connectivity index (χ2v) is 24.5. The monoisotopic (exact) mass is 1190 g/mol. The molecule has 0 bridgehead atoms. The third-order valence-electron chi connectivity index (χ3n) is 13.8. The number of benzene rings is 4. The van der Waals surface area contributed by atoms with Crippen LogP contribution in [0.15, 0.2) is 84.9 Å². The van der Waals surface area contributed by atoms with E-state index in [1.54, 1.807) is 132 Å². The summed E-state index contributed by atoms with van der Waals surface area (Å²) in [4.78, 5) is 88.9. The van der Waals surface area contributed by atoms with Gasteiger partial charge in [-0.05, 0) is 180 Å². The average molecular weight is 1190 g/mol. The van der Waals surface area contributed by atoms with E-state index in [-0.39, 0.29) is 94.7 Å². The quantitative estimate of drug-likeness (QED) is 0.0229. The molecule has 0 saturated heterocycles. The zero-order valence-corrected chi connectivity index (χ0v) is 51.4. The molecule has 0 radical (unpaired) electrons. The standard InChI is InChI=1S/C64H87N3O18/c1-14-78-48-29-45(30-49(33-48)79-36-52(68)65-39-62(8,9)83-23-20-59(2,3)56(72)73)43-26-44(28-47(27-43)55(71)82-35-42-18-16-15-17-19-42)46-31-50(80-37-53(69)66-40-63(10,11)84-24-21-60(4,5)57(74)75)34-51(32-46)81-38-54(70)67-41-64(12,13)85-25-22-61(6,7)58(76)77/h15-19,26-34H,14,20-25,35-41H2,1-13H3,(H,65,68)(H,66,69)(H,67,70)(H,72,73)(H,74,75)(H,76,77). The molecule has 4 rings (SSSR count). The van der Waals surface area contributed by atoms with Crippen LogP contribution in [0.4, 0.5) is 0 Å². The Labute approximate surface area is 498 Å². The van der Waals surface area contributed by atoms with E-state index < -0.39 is 94.5 Å². The first kappa shape index (κ1) is 69.7. The van der Waals surface area contributed by atoms with Crippen LogP contribution in [-0.2, 0) is 54.3 Å². The van der Waals surface area contributed by atoms with Gasteiger partial charge in [-0.15, -0.1) is 0 Å². The maximum Gasteiger partial charge on any atom is 0.338 e. The molecule has 0 fully saturated rings. The van der Waals surface area contributed by atoms with Crippen molar-refractivity contribution in [2.45, 2.75) is 133 Å². The van der Waals surface area contributed by atoms with Crippen molar-refractivity contribution in [3.05, 3.63) is 96.1 Å². The smallest absolute Gasteiger partial charge is 0.338 e. The number of nitrogens with one attached hydrogen (secondary N) is 3. The molecule has 0 aliphatic carbocycles. The number of rotatable bonds is 37. The predicted octanol–water partition coefficient (Wildman–Crippen LogP) is 9.15. The number of aliphatic carboxylic acids is 3. The highest BCUT2D eigenvalue weighted by Gasteiger charge is 2.31. The lowest BCUT2D eigenvalue weighted by molar-refractivity contribution is -0.149. The van der Waals surface area contributed by atoms with E-state index in [9.17, 15) is 48.9 Å². The number of carbonyl (C=O) groups excluding carboxylic acids is 4. The Bertz CT molecular complexity index is 2850. The molecule has 4 aromatic carbocycles. The SMILES string of the molecule is CCOc1cc(OCC(=O)NCC(C)(C)OCCC(C)(C)C(=O)O)cc(-c2cc(C(=O)OCc3ccccc3)cc(-c3cc(OCC(=O)NCC(C)(C)OCCC(C)(C)C(=O)O)cc(OCC(=O)NCC(C)(C)OCCC(C)(C)C(=O)O)c3)c2)c1. The highest BCUT2D eigenvalue weighted by Crippen LogP contribution is 2.37. The minimum Gasteiger partial charge on any atom is -0.494 e. The van der Waals surface area contributed by atoms with Crippen molar-refractivity contribution in [1.29, 1.82) is 0 Å². The van der Waals surface area contributed by atoms with Crippen LogP contribution < -0.4 is 34.9 Å². The van der Waals surface area contributed by atoms with Crippen molar-refractivity contribution in [3.8, 4) is 45.3 Å². The van der Waals surface area contributed by atoms with Gasteiger partial charge in [-0.3, -0.25) is 28.8 Å². The van der Waals surface area contributed by atoms with Crippen molar-refractivity contribution in [1.82, 2.24) is 16.0 Å². The molecule has 0 aliphatic rings. The van der Waals surface area contributed by atoms with Gasteiger partial charge in [-0.1, -0.05) is 30.3 Å². The first-order chi connectivity index (χ1) is 39.6. The molecule has 466 valence electrons. The number of carboxylic acid groups (broad SMARTS) is 3. The molecule has 85 heavy (non-hydrogen) atoms. The van der Waals surface area contributed by atoms with Gasteiger partial charge >= 0.3 is 23.9 Å². The Hall–Kier alpha value is -7.75. The summed E-state index contributed by atoms with van der Waals surface area (Å²) in [7, 11) is 0. The fourth-order valence-electron chi connectivity index (χ4n) is 7.62. The molecule has 0 aromatic heterocycles. The third-order valence-corrected chi connectivity index (χ3v) is 13.8. The van der Waals surface area contributed by atoms with Gasteiger partial charge in [0.2, 0.25) is 0 Å². The maximum atomic E-state index is 14.1. The first-order valence-electron chi connectivity index (χ1n) is 28.2. The zero-order chi connectivity index (χ0) is 63.4. The third kappa shape index (κ3) is 24.4. The van der Waals surface area contributed by atoms with Crippen molar-refractivity contribution < 1.29 is 86.8 Å². The lowest BCUT2D eigenvalue weighted by Crippen LogP contribution is -2.42. The molecule has 0 heterocycles. The van der Waals surface area contributed by atoms with E-state index in [2.05, 4.69) is 16.0 Å². The van der Waals surface area contributed by atoms with E-state index in [0.717, 1.165) is 5.56 Å². The van der Waals surface area contributed by atoms with Crippen molar-refractivity contribution in [3.63, 3.8) is 0 Å². The Balaban J connectivity index is 1.69. The molecular weight excluding hydrogens is 1100 g/mol. The molecule has 3 amide bonds. The summed E-state index contributed by atoms with van der Waals surface area (Å²) in [6.07, 6.45) is 0.766. The van der Waals surface area contributed by atoms with Crippen LogP contribution in [-0.4, -0.2) is 140 Å². The van der Waals surface area contributed by atoms with Crippen LogP contribution in [0, 0.1) is 16.2 Å². The van der Waals surface area contributed by atoms with Crippen LogP contribution in [0.2, 0.25) is 0 Å². The maximum absolute atomic E-state index is 14.1. The van der Waals surface area contributed by atoms with Gasteiger partial charge in [-0.2, -0.15) is 0 Å². The van der Waals surface area contributed by atoms with Crippen LogP contribution in [0.25, 0.3) is 22.3 Å². The average Bonchev–Trinajstić information content (AvgIpc) is 3.57. The van der Waals surface area contributed by atoms with Crippen molar-refractivity contribution in [2.75, 3.05) is 65.9 Å². The number of hydrogen-bond acceptors (Lipinski definition) is 15. The van der Waals surface area contributed by atoms with Crippen LogP contribution in [0.1, 0.15) is 125 Å². The molecule has 0 unspecified atom stereocenters. The topological polar surface area (TPSA) is 290 Å². The zero-order valence-electron chi connectivity index (χ0n) is 51.4. The predicted molar refractivity (Wildman–Crippen MR) is 318 cm³/mol. The lowest BCUT2D eigenvalue weighted by atomic mass is 9.90. The van der Waals surface area contributed by atoms with Gasteiger partial charge < -0.3 is 69.2 Å². The molecule has 0 spiro atoms. The number of ether oxygens (including phenoxy) is 8. The Morgan fingerprint density at radius 3 is 1.06 bits per heavy atom. The molecule has 0 saturated carbocycles. The number of carbonyl (C=O) groups is 7. The highest BCUT2D eigenvalue weighted by molar-refractivity contribution is 5.94. The van der Waals surface area contributed by atoms with E-state index >= 15 is 0 Å². The van der Waals surface area contributed by atoms with E-state index in [4.69, 9.17) is 37.9 Å². The van der Waals surface area contributed by atoms with E-state index in [1.807, 2.05) is 37.3 Å². The minimum atomic E-state index is -1.00. The number of hydrogen-bond donors (Lipinski definition) is 6.